The van der Waals surface area contributed by atoms with Crippen LogP contribution in [0.25, 0.3) is 22.1 Å². The maximum atomic E-state index is 12.1. The Kier molecular flexibility index (Phi) is 3.17. The highest BCUT2D eigenvalue weighted by atomic mass is 16.5. The minimum Gasteiger partial charge on any atom is -0.497 e. The Hall–Kier alpha value is -3.06. The fourth-order valence-electron chi connectivity index (χ4n) is 2.14. The van der Waals surface area contributed by atoms with Crippen LogP contribution in [0.4, 0.5) is 0 Å². The van der Waals surface area contributed by atoms with Gasteiger partial charge in [0.25, 0.3) is 0 Å². The van der Waals surface area contributed by atoms with Crippen molar-refractivity contribution < 1.29 is 9.15 Å². The Labute approximate surface area is 120 Å². The molecule has 3 rings (SSSR count). The first-order chi connectivity index (χ1) is 10.2. The number of nitriles is 1. The first-order valence-corrected chi connectivity index (χ1v) is 6.34. The summed E-state index contributed by atoms with van der Waals surface area (Å²) in [5.41, 5.74) is 1.81. The van der Waals surface area contributed by atoms with Crippen molar-refractivity contribution in [3.8, 4) is 22.9 Å². The second-order valence-electron chi connectivity index (χ2n) is 4.54. The van der Waals surface area contributed by atoms with E-state index in [1.165, 1.54) is 0 Å². The molecule has 1 aromatic heterocycles. The molecule has 1 heterocycles. The van der Waals surface area contributed by atoms with Gasteiger partial charge in [-0.2, -0.15) is 5.26 Å². The molecule has 2 aromatic carbocycles. The van der Waals surface area contributed by atoms with Crippen LogP contribution >= 0.6 is 0 Å². The maximum absolute atomic E-state index is 12.1. The van der Waals surface area contributed by atoms with Gasteiger partial charge in [0, 0.05) is 11.5 Å². The van der Waals surface area contributed by atoms with Crippen LogP contribution in [0, 0.1) is 11.3 Å². The Morgan fingerprint density at radius 2 is 1.86 bits per heavy atom. The van der Waals surface area contributed by atoms with E-state index < -0.39 is 5.63 Å². The van der Waals surface area contributed by atoms with E-state index in [-0.39, 0.29) is 0 Å². The summed E-state index contributed by atoms with van der Waals surface area (Å²) in [5.74, 6) is 0.636. The highest BCUT2D eigenvalue weighted by molar-refractivity contribution is 5.82. The number of nitrogens with zero attached hydrogens (tertiary/aromatic N) is 1. The van der Waals surface area contributed by atoms with Crippen LogP contribution in [-0.2, 0) is 0 Å². The third-order valence-electron chi connectivity index (χ3n) is 3.27. The predicted molar refractivity (Wildman–Crippen MR) is 79.2 cm³/mol. The highest BCUT2D eigenvalue weighted by Gasteiger charge is 2.08. The average Bonchev–Trinajstić information content (AvgIpc) is 2.53. The van der Waals surface area contributed by atoms with Gasteiger partial charge in [-0.15, -0.1) is 0 Å². The lowest BCUT2D eigenvalue weighted by Gasteiger charge is -2.04. The summed E-state index contributed by atoms with van der Waals surface area (Å²) in [7, 11) is 1.56. The Morgan fingerprint density at radius 1 is 1.10 bits per heavy atom. The van der Waals surface area contributed by atoms with E-state index in [9.17, 15) is 4.79 Å². The van der Waals surface area contributed by atoms with Gasteiger partial charge in [0.15, 0.2) is 0 Å². The van der Waals surface area contributed by atoms with E-state index in [0.717, 1.165) is 10.9 Å². The fourth-order valence-corrected chi connectivity index (χ4v) is 2.14. The largest absolute Gasteiger partial charge is 0.497 e. The van der Waals surface area contributed by atoms with E-state index >= 15 is 0 Å². The summed E-state index contributed by atoms with van der Waals surface area (Å²) < 4.78 is 10.5. The summed E-state index contributed by atoms with van der Waals surface area (Å²) in [6, 6.07) is 16.0. The lowest BCUT2D eigenvalue weighted by molar-refractivity contribution is 0.414. The molecule has 3 aromatic rings. The van der Waals surface area contributed by atoms with Gasteiger partial charge in [-0.3, -0.25) is 0 Å². The molecular weight excluding hydrogens is 266 g/mol. The molecule has 0 unspecified atom stereocenters. The molecule has 4 nitrogen and oxygen atoms in total. The summed E-state index contributed by atoms with van der Waals surface area (Å²) in [6.07, 6.45) is 0. The first kappa shape index (κ1) is 12.9. The molecule has 0 N–H and O–H groups in total. The normalized spacial score (nSPS) is 10.3. The van der Waals surface area contributed by atoms with Gasteiger partial charge >= 0.3 is 5.63 Å². The van der Waals surface area contributed by atoms with Crippen molar-refractivity contribution in [1.82, 2.24) is 0 Å². The molecule has 4 heteroatoms. The third-order valence-corrected chi connectivity index (χ3v) is 3.27. The van der Waals surface area contributed by atoms with E-state index in [1.54, 1.807) is 43.5 Å². The molecule has 0 spiro atoms. The predicted octanol–water partition coefficient (Wildman–Crippen LogP) is 3.34. The second kappa shape index (κ2) is 5.14. The maximum Gasteiger partial charge on any atom is 0.344 e. The summed E-state index contributed by atoms with van der Waals surface area (Å²) in [4.78, 5) is 12.1. The molecule has 0 fully saturated rings. The molecule has 0 aliphatic rings. The minimum atomic E-state index is -0.416. The number of hydrogen-bond donors (Lipinski definition) is 0. The zero-order chi connectivity index (χ0) is 14.8. The van der Waals surface area contributed by atoms with E-state index in [2.05, 4.69) is 0 Å². The summed E-state index contributed by atoms with van der Waals surface area (Å²) in [5, 5.41) is 9.62. The van der Waals surface area contributed by atoms with E-state index in [0.29, 0.717) is 22.5 Å². The van der Waals surface area contributed by atoms with Crippen LogP contribution in [0.2, 0.25) is 0 Å². The monoisotopic (exact) mass is 277 g/mol. The number of fused-ring (bicyclic) bond motifs is 1. The lowest BCUT2D eigenvalue weighted by atomic mass is 10.0. The summed E-state index contributed by atoms with van der Waals surface area (Å²) in [6.45, 7) is 0. The standard InChI is InChI=1S/C17H11NO3/c1-20-14-7-6-13-8-15(17(19)21-16(13)9-14)12-4-2-11(10-18)3-5-12/h2-9H,1H3. The zero-order valence-corrected chi connectivity index (χ0v) is 11.3. The van der Waals surface area contributed by atoms with Crippen molar-refractivity contribution in [2.45, 2.75) is 0 Å². The Bertz CT molecular complexity index is 902. The van der Waals surface area contributed by atoms with Crippen molar-refractivity contribution in [3.05, 3.63) is 64.5 Å². The van der Waals surface area contributed by atoms with Crippen molar-refractivity contribution >= 4 is 11.0 Å². The molecule has 0 atom stereocenters. The molecule has 0 aliphatic carbocycles. The molecular formula is C17H11NO3. The molecule has 0 radical (unpaired) electrons. The fraction of sp³-hybridized carbons (Fsp3) is 0.0588. The van der Waals surface area contributed by atoms with Crippen molar-refractivity contribution in [2.75, 3.05) is 7.11 Å². The molecule has 0 amide bonds. The van der Waals surface area contributed by atoms with Gasteiger partial charge in [0.1, 0.15) is 11.3 Å². The van der Waals surface area contributed by atoms with Gasteiger partial charge < -0.3 is 9.15 Å². The smallest absolute Gasteiger partial charge is 0.344 e. The van der Waals surface area contributed by atoms with Crippen LogP contribution < -0.4 is 10.4 Å². The third kappa shape index (κ3) is 2.37. The van der Waals surface area contributed by atoms with Gasteiger partial charge in [0.05, 0.1) is 24.3 Å². The Balaban J connectivity index is 2.16. The average molecular weight is 277 g/mol. The Morgan fingerprint density at radius 3 is 2.52 bits per heavy atom. The van der Waals surface area contributed by atoms with Gasteiger partial charge in [-0.1, -0.05) is 12.1 Å². The second-order valence-corrected chi connectivity index (χ2v) is 4.54. The van der Waals surface area contributed by atoms with Crippen LogP contribution in [0.15, 0.2) is 57.7 Å². The van der Waals surface area contributed by atoms with E-state index in [1.807, 2.05) is 18.2 Å². The van der Waals surface area contributed by atoms with Gasteiger partial charge in [0.2, 0.25) is 0 Å². The number of hydrogen-bond acceptors (Lipinski definition) is 4. The quantitative estimate of drug-likeness (QED) is 0.674. The van der Waals surface area contributed by atoms with E-state index in [4.69, 9.17) is 14.4 Å². The lowest BCUT2D eigenvalue weighted by Crippen LogP contribution is -2.02. The van der Waals surface area contributed by atoms with Crippen molar-refractivity contribution in [2.24, 2.45) is 0 Å². The molecule has 0 bridgehead atoms. The summed E-state index contributed by atoms with van der Waals surface area (Å²) >= 11 is 0. The van der Waals surface area contributed by atoms with Gasteiger partial charge in [-0.05, 0) is 35.9 Å². The van der Waals surface area contributed by atoms with Gasteiger partial charge in [-0.25, -0.2) is 4.79 Å². The molecule has 0 aliphatic heterocycles. The number of methoxy groups -OCH3 is 1. The topological polar surface area (TPSA) is 63.2 Å². The number of ether oxygens (including phenoxy) is 1. The molecule has 0 saturated carbocycles. The van der Waals surface area contributed by atoms with Crippen molar-refractivity contribution in [1.29, 1.82) is 5.26 Å². The van der Waals surface area contributed by atoms with Crippen LogP contribution in [0.3, 0.4) is 0 Å². The zero-order valence-electron chi connectivity index (χ0n) is 11.3. The minimum absolute atomic E-state index is 0.416. The SMILES string of the molecule is COc1ccc2cc(-c3ccc(C#N)cc3)c(=O)oc2c1. The molecule has 102 valence electrons. The number of benzene rings is 2. The van der Waals surface area contributed by atoms with Crippen LogP contribution in [0.5, 0.6) is 5.75 Å². The molecule has 21 heavy (non-hydrogen) atoms. The highest BCUT2D eigenvalue weighted by Crippen LogP contribution is 2.24. The first-order valence-electron chi connectivity index (χ1n) is 6.34. The van der Waals surface area contributed by atoms with Crippen molar-refractivity contribution in [3.63, 3.8) is 0 Å². The van der Waals surface area contributed by atoms with Crippen LogP contribution in [0.1, 0.15) is 5.56 Å². The molecule has 0 saturated heterocycles. The van der Waals surface area contributed by atoms with Crippen LogP contribution in [-0.4, -0.2) is 7.11 Å². The number of rotatable bonds is 2.